The Kier molecular flexibility index (Phi) is 3.56. The Balaban J connectivity index is 1.99. The topological polar surface area (TPSA) is 35.0 Å². The van der Waals surface area contributed by atoms with E-state index in [9.17, 15) is 0 Å². The summed E-state index contributed by atoms with van der Waals surface area (Å²) in [7, 11) is 0. The van der Waals surface area contributed by atoms with E-state index in [1.54, 1.807) is 12.1 Å². The van der Waals surface area contributed by atoms with E-state index < -0.39 is 0 Å². The molecule has 0 unspecified atom stereocenters. The minimum atomic E-state index is 0.406. The average Bonchev–Trinajstić information content (AvgIpc) is 2.62. The van der Waals surface area contributed by atoms with Gasteiger partial charge in [-0.15, -0.1) is 10.2 Å². The van der Waals surface area contributed by atoms with Crippen LogP contribution in [0.1, 0.15) is 5.01 Å². The fourth-order valence-corrected chi connectivity index (χ4v) is 2.29. The van der Waals surface area contributed by atoms with Crippen LogP contribution in [0.5, 0.6) is 5.75 Å². The zero-order valence-electron chi connectivity index (χ0n) is 7.48. The SMILES string of the molecule is Clc1cccc(OCc2nnc(Br)s2)c1. The molecule has 15 heavy (non-hydrogen) atoms. The van der Waals surface area contributed by atoms with Crippen LogP contribution in [0.3, 0.4) is 0 Å². The lowest BCUT2D eigenvalue weighted by Crippen LogP contribution is -1.94. The maximum Gasteiger partial charge on any atom is 0.183 e. The van der Waals surface area contributed by atoms with Crippen LogP contribution in [0.2, 0.25) is 5.02 Å². The van der Waals surface area contributed by atoms with Gasteiger partial charge in [-0.25, -0.2) is 0 Å². The second-order valence-corrected chi connectivity index (χ2v) is 5.47. The highest BCUT2D eigenvalue weighted by Gasteiger charge is 2.02. The van der Waals surface area contributed by atoms with Crippen molar-refractivity contribution in [3.8, 4) is 5.75 Å². The summed E-state index contributed by atoms with van der Waals surface area (Å²) < 4.78 is 6.25. The number of ether oxygens (including phenoxy) is 1. The van der Waals surface area contributed by atoms with Gasteiger partial charge in [-0.05, 0) is 34.1 Å². The predicted octanol–water partition coefficient (Wildman–Crippen LogP) is 3.53. The summed E-state index contributed by atoms with van der Waals surface area (Å²) in [6.07, 6.45) is 0. The largest absolute Gasteiger partial charge is 0.486 e. The number of halogens is 2. The van der Waals surface area contributed by atoms with Crippen molar-refractivity contribution in [1.82, 2.24) is 10.2 Å². The van der Waals surface area contributed by atoms with Crippen LogP contribution in [0, 0.1) is 0 Å². The number of benzene rings is 1. The quantitative estimate of drug-likeness (QED) is 0.870. The Morgan fingerprint density at radius 2 is 2.27 bits per heavy atom. The summed E-state index contributed by atoms with van der Waals surface area (Å²) in [6.45, 7) is 0.406. The second kappa shape index (κ2) is 4.92. The fraction of sp³-hybridized carbons (Fsp3) is 0.111. The Bertz CT molecular complexity index is 463. The number of nitrogens with zero attached hydrogens (tertiary/aromatic N) is 2. The van der Waals surface area contributed by atoms with Crippen LogP contribution in [0.4, 0.5) is 0 Å². The minimum absolute atomic E-state index is 0.406. The summed E-state index contributed by atoms with van der Waals surface area (Å²) in [4.78, 5) is 0. The lowest BCUT2D eigenvalue weighted by molar-refractivity contribution is 0.304. The molecule has 0 amide bonds. The van der Waals surface area contributed by atoms with E-state index in [4.69, 9.17) is 16.3 Å². The Morgan fingerprint density at radius 1 is 1.40 bits per heavy atom. The summed E-state index contributed by atoms with van der Waals surface area (Å²) in [6, 6.07) is 7.25. The van der Waals surface area contributed by atoms with Gasteiger partial charge >= 0.3 is 0 Å². The molecule has 0 radical (unpaired) electrons. The van der Waals surface area contributed by atoms with Gasteiger partial charge in [-0.1, -0.05) is 29.0 Å². The lowest BCUT2D eigenvalue weighted by atomic mass is 10.3. The van der Waals surface area contributed by atoms with E-state index in [1.807, 2.05) is 12.1 Å². The monoisotopic (exact) mass is 304 g/mol. The van der Waals surface area contributed by atoms with E-state index in [0.29, 0.717) is 11.6 Å². The molecular weight excluding hydrogens is 300 g/mol. The number of hydrogen-bond acceptors (Lipinski definition) is 4. The van der Waals surface area contributed by atoms with E-state index in [2.05, 4.69) is 26.1 Å². The van der Waals surface area contributed by atoms with Gasteiger partial charge in [0.15, 0.2) is 8.92 Å². The molecule has 0 saturated carbocycles. The van der Waals surface area contributed by atoms with Gasteiger partial charge in [-0.2, -0.15) is 0 Å². The van der Waals surface area contributed by atoms with Crippen molar-refractivity contribution >= 4 is 38.9 Å². The third kappa shape index (κ3) is 3.15. The van der Waals surface area contributed by atoms with Gasteiger partial charge in [0.2, 0.25) is 0 Å². The Hall–Kier alpha value is -0.650. The first-order valence-corrected chi connectivity index (χ1v) is 6.09. The molecule has 1 heterocycles. The Morgan fingerprint density at radius 3 is 2.93 bits per heavy atom. The van der Waals surface area contributed by atoms with Crippen LogP contribution in [0.25, 0.3) is 0 Å². The summed E-state index contributed by atoms with van der Waals surface area (Å²) in [5.41, 5.74) is 0. The van der Waals surface area contributed by atoms with Crippen molar-refractivity contribution < 1.29 is 4.74 Å². The molecule has 0 atom stereocenters. The standard InChI is InChI=1S/C9H6BrClN2OS/c10-9-13-12-8(15-9)5-14-7-3-1-2-6(11)4-7/h1-4H,5H2. The van der Waals surface area contributed by atoms with Crippen molar-refractivity contribution in [3.05, 3.63) is 38.2 Å². The molecule has 0 aliphatic rings. The first-order valence-electron chi connectivity index (χ1n) is 4.10. The van der Waals surface area contributed by atoms with Crippen LogP contribution in [-0.4, -0.2) is 10.2 Å². The van der Waals surface area contributed by atoms with E-state index in [0.717, 1.165) is 14.7 Å². The molecule has 1 aromatic carbocycles. The lowest BCUT2D eigenvalue weighted by Gasteiger charge is -2.02. The Labute approximate surface area is 104 Å². The highest BCUT2D eigenvalue weighted by atomic mass is 79.9. The van der Waals surface area contributed by atoms with E-state index in [1.165, 1.54) is 11.3 Å². The van der Waals surface area contributed by atoms with Crippen molar-refractivity contribution in [1.29, 1.82) is 0 Å². The molecule has 0 fully saturated rings. The molecular formula is C9H6BrClN2OS. The van der Waals surface area contributed by atoms with Crippen molar-refractivity contribution in [2.45, 2.75) is 6.61 Å². The molecule has 0 aliphatic carbocycles. The smallest absolute Gasteiger partial charge is 0.183 e. The fourth-order valence-electron chi connectivity index (χ4n) is 0.993. The molecule has 1 aromatic heterocycles. The van der Waals surface area contributed by atoms with Crippen LogP contribution < -0.4 is 4.74 Å². The number of aromatic nitrogens is 2. The summed E-state index contributed by atoms with van der Waals surface area (Å²) in [5, 5.41) is 9.22. The minimum Gasteiger partial charge on any atom is -0.486 e. The molecule has 0 bridgehead atoms. The third-order valence-electron chi connectivity index (χ3n) is 1.60. The van der Waals surface area contributed by atoms with Gasteiger partial charge in [-0.3, -0.25) is 0 Å². The first-order chi connectivity index (χ1) is 7.24. The molecule has 78 valence electrons. The van der Waals surface area contributed by atoms with Gasteiger partial charge < -0.3 is 4.74 Å². The van der Waals surface area contributed by atoms with Crippen molar-refractivity contribution in [2.24, 2.45) is 0 Å². The van der Waals surface area contributed by atoms with Gasteiger partial charge in [0.05, 0.1) is 0 Å². The van der Waals surface area contributed by atoms with E-state index >= 15 is 0 Å². The number of rotatable bonds is 3. The molecule has 0 aliphatic heterocycles. The van der Waals surface area contributed by atoms with Gasteiger partial charge in [0, 0.05) is 5.02 Å². The summed E-state index contributed by atoms with van der Waals surface area (Å²) in [5.74, 6) is 0.730. The zero-order chi connectivity index (χ0) is 10.7. The third-order valence-corrected chi connectivity index (χ3v) is 3.17. The second-order valence-electron chi connectivity index (χ2n) is 2.69. The summed E-state index contributed by atoms with van der Waals surface area (Å²) >= 11 is 10.5. The van der Waals surface area contributed by atoms with Crippen LogP contribution in [0.15, 0.2) is 28.2 Å². The number of hydrogen-bond donors (Lipinski definition) is 0. The average molecular weight is 306 g/mol. The normalized spacial score (nSPS) is 10.3. The maximum absolute atomic E-state index is 5.82. The zero-order valence-corrected chi connectivity index (χ0v) is 10.6. The molecule has 0 saturated heterocycles. The molecule has 3 nitrogen and oxygen atoms in total. The van der Waals surface area contributed by atoms with Gasteiger partial charge in [0.25, 0.3) is 0 Å². The van der Waals surface area contributed by atoms with Crippen molar-refractivity contribution in [3.63, 3.8) is 0 Å². The highest BCUT2D eigenvalue weighted by molar-refractivity contribution is 9.11. The van der Waals surface area contributed by atoms with Gasteiger partial charge in [0.1, 0.15) is 12.4 Å². The van der Waals surface area contributed by atoms with Crippen LogP contribution in [-0.2, 0) is 6.61 Å². The first kappa shape index (κ1) is 10.9. The predicted molar refractivity (Wildman–Crippen MR) is 63.4 cm³/mol. The van der Waals surface area contributed by atoms with E-state index in [-0.39, 0.29) is 0 Å². The molecule has 0 N–H and O–H groups in total. The molecule has 6 heteroatoms. The molecule has 0 spiro atoms. The molecule has 2 rings (SSSR count). The van der Waals surface area contributed by atoms with Crippen LogP contribution >= 0.6 is 38.9 Å². The highest BCUT2D eigenvalue weighted by Crippen LogP contribution is 2.20. The van der Waals surface area contributed by atoms with Crippen molar-refractivity contribution in [2.75, 3.05) is 0 Å². The molecule has 2 aromatic rings. The maximum atomic E-state index is 5.82.